The summed E-state index contributed by atoms with van der Waals surface area (Å²) in [6.07, 6.45) is -4.93. The fourth-order valence-corrected chi connectivity index (χ4v) is 2.71. The van der Waals surface area contributed by atoms with Gasteiger partial charge in [0.1, 0.15) is 30.3 Å². The highest BCUT2D eigenvalue weighted by atomic mass is 19.4. The third-order valence-electron chi connectivity index (χ3n) is 4.19. The molecule has 0 spiro atoms. The maximum Gasteiger partial charge on any atom is 0.421 e. The van der Waals surface area contributed by atoms with Gasteiger partial charge in [-0.3, -0.25) is 9.36 Å². The minimum atomic E-state index is -4.79. The Morgan fingerprint density at radius 1 is 1.48 bits per heavy atom. The van der Waals surface area contributed by atoms with Gasteiger partial charge in [0, 0.05) is 19.0 Å². The van der Waals surface area contributed by atoms with Crippen molar-refractivity contribution in [2.75, 3.05) is 12.3 Å². The summed E-state index contributed by atoms with van der Waals surface area (Å²) < 4.78 is 49.9. The first-order valence-corrected chi connectivity index (χ1v) is 8.58. The van der Waals surface area contributed by atoms with Crippen LogP contribution >= 0.6 is 0 Å². The number of alkyl halides is 3. The van der Waals surface area contributed by atoms with E-state index in [9.17, 15) is 27.9 Å². The average molecular weight is 393 g/mol. The lowest BCUT2D eigenvalue weighted by Gasteiger charge is -2.18. The number of aliphatic hydroxyl groups excluding tert-OH is 1. The molecule has 0 amide bonds. The first kappa shape index (κ1) is 21.2. The number of ether oxygens (including phenoxy) is 2. The molecule has 152 valence electrons. The van der Waals surface area contributed by atoms with E-state index in [1.807, 2.05) is 6.92 Å². The van der Waals surface area contributed by atoms with Crippen molar-refractivity contribution in [3.63, 3.8) is 0 Å². The number of rotatable bonds is 7. The zero-order valence-corrected chi connectivity index (χ0v) is 14.7. The fourth-order valence-electron chi connectivity index (χ4n) is 2.71. The van der Waals surface area contributed by atoms with Crippen LogP contribution in [0.5, 0.6) is 0 Å². The van der Waals surface area contributed by atoms with E-state index in [0.717, 1.165) is 12.8 Å². The summed E-state index contributed by atoms with van der Waals surface area (Å²) in [6, 6.07) is 0. The van der Waals surface area contributed by atoms with Crippen molar-refractivity contribution in [1.82, 2.24) is 9.55 Å². The van der Waals surface area contributed by atoms with Crippen LogP contribution in [0, 0.1) is 0 Å². The molecule has 1 aliphatic rings. The lowest BCUT2D eigenvalue weighted by molar-refractivity contribution is -0.150. The lowest BCUT2D eigenvalue weighted by Crippen LogP contribution is -2.31. The molecule has 1 aromatic heterocycles. The standard InChI is InChI=1S/C16H22F3N3O5/c1-2-3-4-5-13(24)26-8-11-10(23)6-12(27-11)22-7-9(16(17,18)19)14(20)21-15(22)25/h7,10-12,23H,2-6,8H2,1H3,(H2,20,21,25)/t10?,11-,12-/m1/s1. The normalized spacial score (nSPS) is 22.8. The molecule has 1 fully saturated rings. The van der Waals surface area contributed by atoms with Gasteiger partial charge in [0.25, 0.3) is 0 Å². The number of hydrogen-bond donors (Lipinski definition) is 2. The Morgan fingerprint density at radius 3 is 2.81 bits per heavy atom. The summed E-state index contributed by atoms with van der Waals surface area (Å²) in [7, 11) is 0. The molecule has 1 unspecified atom stereocenters. The van der Waals surface area contributed by atoms with Crippen LogP contribution in [0.2, 0.25) is 0 Å². The molecule has 0 aromatic carbocycles. The van der Waals surface area contributed by atoms with E-state index in [1.54, 1.807) is 0 Å². The van der Waals surface area contributed by atoms with Crippen molar-refractivity contribution >= 4 is 11.8 Å². The van der Waals surface area contributed by atoms with Crippen molar-refractivity contribution in [2.45, 2.75) is 63.6 Å². The quantitative estimate of drug-likeness (QED) is 0.534. The zero-order valence-electron chi connectivity index (χ0n) is 14.7. The van der Waals surface area contributed by atoms with E-state index < -0.39 is 47.7 Å². The molecule has 27 heavy (non-hydrogen) atoms. The van der Waals surface area contributed by atoms with Crippen molar-refractivity contribution in [1.29, 1.82) is 0 Å². The summed E-state index contributed by atoms with van der Waals surface area (Å²) in [5.41, 5.74) is 2.86. The topological polar surface area (TPSA) is 117 Å². The van der Waals surface area contributed by atoms with E-state index in [2.05, 4.69) is 4.98 Å². The van der Waals surface area contributed by atoms with E-state index in [0.29, 0.717) is 17.2 Å². The number of nitrogens with two attached hydrogens (primary N) is 1. The summed E-state index contributed by atoms with van der Waals surface area (Å²) in [4.78, 5) is 26.7. The monoisotopic (exact) mass is 393 g/mol. The van der Waals surface area contributed by atoms with Gasteiger partial charge in [-0.2, -0.15) is 18.2 Å². The lowest BCUT2D eigenvalue weighted by atomic mass is 10.2. The molecule has 0 bridgehead atoms. The second kappa shape index (κ2) is 8.70. The number of anilines is 1. The Morgan fingerprint density at radius 2 is 2.19 bits per heavy atom. The number of nitrogen functional groups attached to an aromatic ring is 1. The highest BCUT2D eigenvalue weighted by molar-refractivity contribution is 5.69. The van der Waals surface area contributed by atoms with Gasteiger partial charge in [-0.05, 0) is 6.42 Å². The van der Waals surface area contributed by atoms with E-state index in [-0.39, 0.29) is 19.4 Å². The van der Waals surface area contributed by atoms with Crippen LogP contribution in [-0.4, -0.2) is 39.4 Å². The molecule has 1 aliphatic heterocycles. The molecule has 0 radical (unpaired) electrons. The summed E-state index contributed by atoms with van der Waals surface area (Å²) >= 11 is 0. The van der Waals surface area contributed by atoms with Crippen LogP contribution < -0.4 is 11.4 Å². The highest BCUT2D eigenvalue weighted by Crippen LogP contribution is 2.34. The molecule has 3 atom stereocenters. The first-order valence-electron chi connectivity index (χ1n) is 8.58. The zero-order chi connectivity index (χ0) is 20.2. The molecule has 11 heteroatoms. The summed E-state index contributed by atoms with van der Waals surface area (Å²) in [6.45, 7) is 1.73. The summed E-state index contributed by atoms with van der Waals surface area (Å²) in [5, 5.41) is 10.0. The number of aliphatic hydroxyl groups is 1. The molecular weight excluding hydrogens is 371 g/mol. The summed E-state index contributed by atoms with van der Waals surface area (Å²) in [5.74, 6) is -1.38. The van der Waals surface area contributed by atoms with E-state index >= 15 is 0 Å². The van der Waals surface area contributed by atoms with Gasteiger partial charge in [-0.25, -0.2) is 4.79 Å². The number of nitrogens with zero attached hydrogens (tertiary/aromatic N) is 2. The minimum absolute atomic E-state index is 0.152. The predicted octanol–water partition coefficient (Wildman–Crippen LogP) is 1.62. The van der Waals surface area contributed by atoms with Crippen LogP contribution in [0.25, 0.3) is 0 Å². The molecule has 3 N–H and O–H groups in total. The fraction of sp³-hybridized carbons (Fsp3) is 0.688. The van der Waals surface area contributed by atoms with Gasteiger partial charge >= 0.3 is 17.8 Å². The van der Waals surface area contributed by atoms with E-state index in [1.165, 1.54) is 0 Å². The molecule has 0 saturated carbocycles. The van der Waals surface area contributed by atoms with Gasteiger partial charge in [-0.15, -0.1) is 0 Å². The second-order valence-corrected chi connectivity index (χ2v) is 6.30. The SMILES string of the molecule is CCCCCC(=O)OC[C@H]1O[C@@H](n2cc(C(F)(F)F)c(N)nc2=O)CC1O. The molecule has 1 saturated heterocycles. The number of hydrogen-bond acceptors (Lipinski definition) is 7. The Hall–Kier alpha value is -2.14. The number of aromatic nitrogens is 2. The molecule has 1 aromatic rings. The maximum atomic E-state index is 13.0. The number of esters is 1. The Kier molecular flexibility index (Phi) is 6.82. The van der Waals surface area contributed by atoms with Crippen LogP contribution in [0.1, 0.15) is 50.8 Å². The van der Waals surface area contributed by atoms with Gasteiger partial charge < -0.3 is 20.3 Å². The smallest absolute Gasteiger partial charge is 0.421 e. The third kappa shape index (κ3) is 5.42. The maximum absolute atomic E-state index is 13.0. The molecule has 8 nitrogen and oxygen atoms in total. The largest absolute Gasteiger partial charge is 0.463 e. The third-order valence-corrected chi connectivity index (χ3v) is 4.19. The highest BCUT2D eigenvalue weighted by Gasteiger charge is 2.39. The van der Waals surface area contributed by atoms with Gasteiger partial charge in [0.15, 0.2) is 0 Å². The van der Waals surface area contributed by atoms with Crippen LogP contribution in [0.3, 0.4) is 0 Å². The molecule has 2 heterocycles. The Balaban J connectivity index is 2.04. The van der Waals surface area contributed by atoms with Crippen LogP contribution in [-0.2, 0) is 20.4 Å². The minimum Gasteiger partial charge on any atom is -0.463 e. The van der Waals surface area contributed by atoms with Gasteiger partial charge in [0.05, 0.1) is 6.10 Å². The average Bonchev–Trinajstić information content (AvgIpc) is 2.92. The molecule has 0 aliphatic carbocycles. The van der Waals surface area contributed by atoms with Crippen LogP contribution in [0.4, 0.5) is 19.0 Å². The van der Waals surface area contributed by atoms with E-state index in [4.69, 9.17) is 15.2 Å². The first-order chi connectivity index (χ1) is 12.6. The van der Waals surface area contributed by atoms with Crippen molar-refractivity contribution in [3.05, 3.63) is 22.2 Å². The molecule has 2 rings (SSSR count). The second-order valence-electron chi connectivity index (χ2n) is 6.30. The van der Waals surface area contributed by atoms with Gasteiger partial charge in [0.2, 0.25) is 0 Å². The number of unbranched alkanes of at least 4 members (excludes halogenated alkanes) is 2. The predicted molar refractivity (Wildman–Crippen MR) is 87.5 cm³/mol. The van der Waals surface area contributed by atoms with Gasteiger partial charge in [-0.1, -0.05) is 19.8 Å². The van der Waals surface area contributed by atoms with Crippen molar-refractivity contribution < 1.29 is 32.5 Å². The number of halogens is 3. The number of carbonyl (C=O) groups excluding carboxylic acids is 1. The Bertz CT molecular complexity index is 722. The Labute approximate surface area is 153 Å². The van der Waals surface area contributed by atoms with Crippen LogP contribution in [0.15, 0.2) is 11.0 Å². The number of carbonyl (C=O) groups is 1. The molecular formula is C16H22F3N3O5. The van der Waals surface area contributed by atoms with Crippen molar-refractivity contribution in [2.24, 2.45) is 0 Å². The van der Waals surface area contributed by atoms with Crippen molar-refractivity contribution in [3.8, 4) is 0 Å².